The van der Waals surface area contributed by atoms with Crippen molar-refractivity contribution in [3.63, 3.8) is 0 Å². The van der Waals surface area contributed by atoms with E-state index < -0.39 is 0 Å². The molecule has 22 heavy (non-hydrogen) atoms. The molecule has 2 heterocycles. The monoisotopic (exact) mass is 341 g/mol. The van der Waals surface area contributed by atoms with Gasteiger partial charge in [0.05, 0.1) is 11.4 Å². The van der Waals surface area contributed by atoms with Gasteiger partial charge in [0.2, 0.25) is 5.91 Å². The van der Waals surface area contributed by atoms with Crippen LogP contribution < -0.4 is 10.6 Å². The predicted octanol–water partition coefficient (Wildman–Crippen LogP) is 1.98. The molecule has 0 aliphatic carbocycles. The number of fused-ring (bicyclic) bond motifs is 1. The predicted molar refractivity (Wildman–Crippen MR) is 91.0 cm³/mol. The zero-order valence-corrected chi connectivity index (χ0v) is 14.2. The Morgan fingerprint density at radius 1 is 1.36 bits per heavy atom. The van der Waals surface area contributed by atoms with Crippen molar-refractivity contribution < 1.29 is 9.59 Å². The summed E-state index contributed by atoms with van der Waals surface area (Å²) in [6, 6.07) is 6.01. The van der Waals surface area contributed by atoms with E-state index in [2.05, 4.69) is 24.5 Å². The molecule has 0 radical (unpaired) electrons. The summed E-state index contributed by atoms with van der Waals surface area (Å²) in [5, 5.41) is 6.20. The maximum Gasteiger partial charge on any atom is 0.254 e. The molecule has 0 bridgehead atoms. The molecule has 1 fully saturated rings. The number of benzene rings is 1. The summed E-state index contributed by atoms with van der Waals surface area (Å²) < 4.78 is 0. The minimum absolute atomic E-state index is 0. The second-order valence-corrected chi connectivity index (χ2v) is 6.55. The number of thioether (sulfide) groups is 1. The second-order valence-electron chi connectivity index (χ2n) is 5.53. The SMILES string of the molecule is CC1NCCN(C(=O)c2ccc3c(c2)NC(=O)CS3)C1C.Cl. The largest absolute Gasteiger partial charge is 0.333 e. The molecule has 7 heteroatoms. The highest BCUT2D eigenvalue weighted by Crippen LogP contribution is 2.32. The summed E-state index contributed by atoms with van der Waals surface area (Å²) in [5.74, 6) is 0.455. The summed E-state index contributed by atoms with van der Waals surface area (Å²) in [6.07, 6.45) is 0. The molecular weight excluding hydrogens is 322 g/mol. The minimum Gasteiger partial charge on any atom is -0.333 e. The Morgan fingerprint density at radius 3 is 2.91 bits per heavy atom. The standard InChI is InChI=1S/C15H19N3O2S.ClH/c1-9-10(2)18(6-5-16-9)15(20)11-3-4-13-12(7-11)17-14(19)8-21-13;/h3-4,7,9-10,16H,5-6,8H2,1-2H3,(H,17,19);1H. The molecule has 1 aromatic carbocycles. The van der Waals surface area contributed by atoms with E-state index in [1.807, 2.05) is 17.0 Å². The smallest absolute Gasteiger partial charge is 0.254 e. The van der Waals surface area contributed by atoms with Crippen LogP contribution in [0.3, 0.4) is 0 Å². The third-order valence-electron chi connectivity index (χ3n) is 4.15. The van der Waals surface area contributed by atoms with Crippen LogP contribution in [0.4, 0.5) is 5.69 Å². The topological polar surface area (TPSA) is 61.4 Å². The summed E-state index contributed by atoms with van der Waals surface area (Å²) in [5.41, 5.74) is 1.38. The lowest BCUT2D eigenvalue weighted by atomic mass is 10.0. The van der Waals surface area contributed by atoms with Gasteiger partial charge in [-0.3, -0.25) is 9.59 Å². The summed E-state index contributed by atoms with van der Waals surface area (Å²) in [7, 11) is 0. The van der Waals surface area contributed by atoms with Gasteiger partial charge in [0.1, 0.15) is 0 Å². The number of piperazine rings is 1. The van der Waals surface area contributed by atoms with Crippen molar-refractivity contribution >= 4 is 41.7 Å². The zero-order valence-electron chi connectivity index (χ0n) is 12.6. The van der Waals surface area contributed by atoms with Crippen molar-refractivity contribution in [1.82, 2.24) is 10.2 Å². The van der Waals surface area contributed by atoms with Gasteiger partial charge < -0.3 is 15.5 Å². The van der Waals surface area contributed by atoms with Gasteiger partial charge in [0.25, 0.3) is 5.91 Å². The van der Waals surface area contributed by atoms with Crippen molar-refractivity contribution in [2.24, 2.45) is 0 Å². The van der Waals surface area contributed by atoms with Gasteiger partial charge in [-0.25, -0.2) is 0 Å². The Kier molecular flexibility index (Phi) is 5.36. The first-order valence-electron chi connectivity index (χ1n) is 7.17. The number of anilines is 1. The van der Waals surface area contributed by atoms with Crippen LogP contribution in [0.15, 0.2) is 23.1 Å². The van der Waals surface area contributed by atoms with E-state index in [1.54, 1.807) is 6.07 Å². The van der Waals surface area contributed by atoms with E-state index in [0.29, 0.717) is 17.9 Å². The van der Waals surface area contributed by atoms with Gasteiger partial charge in [-0.15, -0.1) is 24.2 Å². The number of amides is 2. The number of nitrogens with zero attached hydrogens (tertiary/aromatic N) is 1. The number of hydrogen-bond acceptors (Lipinski definition) is 4. The van der Waals surface area contributed by atoms with Crippen molar-refractivity contribution in [3.8, 4) is 0 Å². The molecule has 2 aliphatic heterocycles. The third-order valence-corrected chi connectivity index (χ3v) is 5.23. The first kappa shape index (κ1) is 17.1. The first-order valence-corrected chi connectivity index (χ1v) is 8.16. The van der Waals surface area contributed by atoms with Crippen LogP contribution in [0.25, 0.3) is 0 Å². The van der Waals surface area contributed by atoms with Crippen molar-refractivity contribution in [3.05, 3.63) is 23.8 Å². The molecule has 3 rings (SSSR count). The van der Waals surface area contributed by atoms with E-state index in [1.165, 1.54) is 11.8 Å². The molecule has 1 aromatic rings. The maximum absolute atomic E-state index is 12.7. The quantitative estimate of drug-likeness (QED) is 0.820. The number of hydrogen-bond donors (Lipinski definition) is 2. The Labute approximate surface area is 140 Å². The lowest BCUT2D eigenvalue weighted by molar-refractivity contribution is -0.113. The van der Waals surface area contributed by atoms with Crippen LogP contribution in [0.5, 0.6) is 0 Å². The van der Waals surface area contributed by atoms with Crippen LogP contribution in [0, 0.1) is 0 Å². The lowest BCUT2D eigenvalue weighted by Gasteiger charge is -2.38. The summed E-state index contributed by atoms with van der Waals surface area (Å²) in [4.78, 5) is 27.1. The molecule has 2 unspecified atom stereocenters. The Bertz CT molecular complexity index is 596. The highest BCUT2D eigenvalue weighted by Gasteiger charge is 2.29. The maximum atomic E-state index is 12.7. The minimum atomic E-state index is -0.0127. The van der Waals surface area contributed by atoms with Crippen LogP contribution in [-0.4, -0.2) is 47.6 Å². The Hall–Kier alpha value is -1.24. The summed E-state index contributed by atoms with van der Waals surface area (Å²) >= 11 is 1.51. The van der Waals surface area contributed by atoms with Gasteiger partial charge in [-0.05, 0) is 32.0 Å². The van der Waals surface area contributed by atoms with Crippen molar-refractivity contribution in [1.29, 1.82) is 0 Å². The van der Waals surface area contributed by atoms with Crippen LogP contribution in [0.2, 0.25) is 0 Å². The Balaban J connectivity index is 0.00000176. The zero-order chi connectivity index (χ0) is 15.0. The lowest BCUT2D eigenvalue weighted by Crippen LogP contribution is -2.57. The second kappa shape index (κ2) is 6.89. The Morgan fingerprint density at radius 2 is 2.14 bits per heavy atom. The van der Waals surface area contributed by atoms with E-state index in [-0.39, 0.29) is 36.3 Å². The fraction of sp³-hybridized carbons (Fsp3) is 0.467. The average molecular weight is 342 g/mol. The number of nitrogens with one attached hydrogen (secondary N) is 2. The van der Waals surface area contributed by atoms with Gasteiger partial charge in [0.15, 0.2) is 0 Å². The van der Waals surface area contributed by atoms with Gasteiger partial charge >= 0.3 is 0 Å². The molecule has 0 aromatic heterocycles. The van der Waals surface area contributed by atoms with E-state index in [9.17, 15) is 9.59 Å². The molecule has 2 aliphatic rings. The van der Waals surface area contributed by atoms with Crippen molar-refractivity contribution in [2.75, 3.05) is 24.2 Å². The first-order chi connectivity index (χ1) is 10.1. The normalized spacial score (nSPS) is 24.1. The number of carbonyl (C=O) groups excluding carboxylic acids is 2. The molecule has 5 nitrogen and oxygen atoms in total. The van der Waals surface area contributed by atoms with E-state index >= 15 is 0 Å². The van der Waals surface area contributed by atoms with Crippen molar-refractivity contribution in [2.45, 2.75) is 30.8 Å². The number of rotatable bonds is 1. The molecule has 120 valence electrons. The number of halogens is 1. The highest BCUT2D eigenvalue weighted by molar-refractivity contribution is 8.00. The van der Waals surface area contributed by atoms with Crippen LogP contribution in [0.1, 0.15) is 24.2 Å². The van der Waals surface area contributed by atoms with Crippen LogP contribution in [-0.2, 0) is 4.79 Å². The van der Waals surface area contributed by atoms with E-state index in [0.717, 1.165) is 17.1 Å². The van der Waals surface area contributed by atoms with E-state index in [4.69, 9.17) is 0 Å². The molecule has 0 saturated carbocycles. The fourth-order valence-corrected chi connectivity index (χ4v) is 3.51. The van der Waals surface area contributed by atoms with Gasteiger partial charge in [-0.1, -0.05) is 0 Å². The molecule has 1 saturated heterocycles. The van der Waals surface area contributed by atoms with Gasteiger partial charge in [0, 0.05) is 35.6 Å². The molecular formula is C15H20ClN3O2S. The third kappa shape index (κ3) is 3.24. The average Bonchev–Trinajstić information content (AvgIpc) is 2.48. The summed E-state index contributed by atoms with van der Waals surface area (Å²) in [6.45, 7) is 5.68. The van der Waals surface area contributed by atoms with Crippen LogP contribution >= 0.6 is 24.2 Å². The van der Waals surface area contributed by atoms with Gasteiger partial charge in [-0.2, -0.15) is 0 Å². The molecule has 2 atom stereocenters. The molecule has 2 amide bonds. The molecule has 0 spiro atoms. The highest BCUT2D eigenvalue weighted by atomic mass is 35.5. The molecule has 2 N–H and O–H groups in total. The number of carbonyl (C=O) groups is 2. The fourth-order valence-electron chi connectivity index (χ4n) is 2.73.